The van der Waals surface area contributed by atoms with Gasteiger partial charge >= 0.3 is 39.5 Å². The quantitative estimate of drug-likeness (QED) is 0.0222. The molecule has 0 aromatic heterocycles. The van der Waals surface area contributed by atoms with Gasteiger partial charge in [-0.25, -0.2) is 9.13 Å². The molecule has 0 heterocycles. The predicted octanol–water partition coefficient (Wildman–Crippen LogP) is 25.7. The van der Waals surface area contributed by atoms with E-state index in [4.69, 9.17) is 37.0 Å². The zero-order valence-electron chi connectivity index (χ0n) is 67.3. The van der Waals surface area contributed by atoms with Crippen LogP contribution in [-0.4, -0.2) is 96.7 Å². The van der Waals surface area contributed by atoms with Crippen molar-refractivity contribution in [3.63, 3.8) is 0 Å². The minimum atomic E-state index is -4.96. The normalized spacial score (nSPS) is 13.7. The maximum Gasteiger partial charge on any atom is 0.472 e. The van der Waals surface area contributed by atoms with Gasteiger partial charge in [-0.2, -0.15) is 0 Å². The van der Waals surface area contributed by atoms with E-state index in [1.54, 1.807) is 0 Å². The third-order valence-electron chi connectivity index (χ3n) is 19.9. The Labute approximate surface area is 632 Å². The summed E-state index contributed by atoms with van der Waals surface area (Å²) < 4.78 is 68.9. The van der Waals surface area contributed by atoms with Crippen LogP contribution in [0.5, 0.6) is 0 Å². The van der Waals surface area contributed by atoms with E-state index in [1.807, 2.05) is 0 Å². The van der Waals surface area contributed by atoms with Crippen LogP contribution < -0.4 is 0 Å². The van der Waals surface area contributed by atoms with Gasteiger partial charge in [0.15, 0.2) is 12.2 Å². The lowest BCUT2D eigenvalue weighted by Crippen LogP contribution is -2.30. The van der Waals surface area contributed by atoms with Crippen molar-refractivity contribution in [2.24, 2.45) is 0 Å². The molecule has 0 aliphatic carbocycles. The summed E-state index contributed by atoms with van der Waals surface area (Å²) in [7, 11) is -9.92. The van der Waals surface area contributed by atoms with Gasteiger partial charge in [0.2, 0.25) is 0 Å². The van der Waals surface area contributed by atoms with Crippen molar-refractivity contribution in [2.75, 3.05) is 39.6 Å². The average molecular weight is 1510 g/mol. The summed E-state index contributed by atoms with van der Waals surface area (Å²) in [5.74, 6) is -2.10. The zero-order chi connectivity index (χ0) is 75.3. The van der Waals surface area contributed by atoms with Crippen LogP contribution in [0, 0.1) is 0 Å². The highest BCUT2D eigenvalue weighted by atomic mass is 31.2. The van der Waals surface area contributed by atoms with Crippen molar-refractivity contribution in [1.82, 2.24) is 0 Å². The minimum Gasteiger partial charge on any atom is -0.462 e. The van der Waals surface area contributed by atoms with E-state index in [-0.39, 0.29) is 25.7 Å². The molecular formula is C84H164O17P2. The molecule has 0 spiro atoms. The van der Waals surface area contributed by atoms with Crippen molar-refractivity contribution in [3.8, 4) is 0 Å². The summed E-state index contributed by atoms with van der Waals surface area (Å²) in [5.41, 5.74) is 0. The Morgan fingerprint density at radius 2 is 0.388 bits per heavy atom. The molecule has 103 heavy (non-hydrogen) atoms. The Kier molecular flexibility index (Phi) is 76.7. The summed E-state index contributed by atoms with van der Waals surface area (Å²) in [6.07, 6.45) is 72.1. The lowest BCUT2D eigenvalue weighted by molar-refractivity contribution is -0.161. The summed E-state index contributed by atoms with van der Waals surface area (Å²) in [4.78, 5) is 73.2. The summed E-state index contributed by atoms with van der Waals surface area (Å²) in [6, 6.07) is 0. The van der Waals surface area contributed by atoms with Gasteiger partial charge < -0.3 is 33.8 Å². The number of esters is 4. The Balaban J connectivity index is 5.24. The number of aliphatic hydroxyl groups is 1. The molecule has 0 bridgehead atoms. The maximum absolute atomic E-state index is 13.1. The van der Waals surface area contributed by atoms with Gasteiger partial charge in [0.25, 0.3) is 0 Å². The molecule has 17 nitrogen and oxygen atoms in total. The average Bonchev–Trinajstić information content (AvgIpc) is 0.957. The number of rotatable bonds is 85. The molecule has 0 aliphatic heterocycles. The fraction of sp³-hybridized carbons (Fsp3) is 0.952. The number of unbranched alkanes of at least 4 members (excludes halogenated alkanes) is 59. The first kappa shape index (κ1) is 101. The lowest BCUT2D eigenvalue weighted by Gasteiger charge is -2.21. The second-order valence-electron chi connectivity index (χ2n) is 30.2. The van der Waals surface area contributed by atoms with E-state index < -0.39 is 97.5 Å². The number of carbonyl (C=O) groups is 4. The molecule has 0 saturated carbocycles. The molecule has 2 unspecified atom stereocenters. The number of hydrogen-bond donors (Lipinski definition) is 3. The topological polar surface area (TPSA) is 237 Å². The molecule has 19 heteroatoms. The van der Waals surface area contributed by atoms with Gasteiger partial charge in [0.1, 0.15) is 19.3 Å². The molecule has 0 aliphatic rings. The molecule has 0 radical (unpaired) electrons. The van der Waals surface area contributed by atoms with Gasteiger partial charge in [0.05, 0.1) is 26.4 Å². The highest BCUT2D eigenvalue weighted by Crippen LogP contribution is 2.45. The van der Waals surface area contributed by atoms with Crippen LogP contribution in [0.4, 0.5) is 0 Å². The number of phosphoric acid groups is 2. The third kappa shape index (κ3) is 78.0. The summed E-state index contributed by atoms with van der Waals surface area (Å²) in [6.45, 7) is 5.05. The van der Waals surface area contributed by atoms with Crippen molar-refractivity contribution in [2.45, 2.75) is 476 Å². The molecule has 0 fully saturated rings. The van der Waals surface area contributed by atoms with E-state index in [2.05, 4.69) is 27.7 Å². The van der Waals surface area contributed by atoms with Crippen molar-refractivity contribution < 1.29 is 80.2 Å². The molecule has 0 aromatic rings. The van der Waals surface area contributed by atoms with Crippen molar-refractivity contribution in [3.05, 3.63) is 0 Å². The van der Waals surface area contributed by atoms with Crippen LogP contribution in [0.15, 0.2) is 0 Å². The number of hydrogen-bond acceptors (Lipinski definition) is 15. The number of ether oxygens (including phenoxy) is 4. The van der Waals surface area contributed by atoms with Gasteiger partial charge in [0, 0.05) is 25.7 Å². The van der Waals surface area contributed by atoms with Crippen LogP contribution >= 0.6 is 15.6 Å². The van der Waals surface area contributed by atoms with Crippen molar-refractivity contribution in [1.29, 1.82) is 0 Å². The van der Waals surface area contributed by atoms with E-state index >= 15 is 0 Å². The lowest BCUT2D eigenvalue weighted by atomic mass is 10.0. The number of aliphatic hydroxyl groups excluding tert-OH is 1. The van der Waals surface area contributed by atoms with E-state index in [0.717, 1.165) is 89.9 Å². The third-order valence-corrected chi connectivity index (χ3v) is 21.8. The second kappa shape index (κ2) is 78.2. The second-order valence-corrected chi connectivity index (χ2v) is 33.1. The van der Waals surface area contributed by atoms with E-state index in [0.29, 0.717) is 25.7 Å². The SMILES string of the molecule is CCCCCCCCCCCCCCCCCCCCCC(=O)O[C@H](COC(=O)CCCCCCCCCCCCCCCCCCC)COP(=O)(O)OC[C@@H](O)COP(=O)(O)OC[C@@H](COC(=O)CCCCCCCCCCCCC)OC(=O)CCCCCCCCCCCCCCCCCC. The first-order chi connectivity index (χ1) is 50.2. The van der Waals surface area contributed by atoms with E-state index in [9.17, 15) is 43.2 Å². The van der Waals surface area contributed by atoms with Crippen LogP contribution in [0.3, 0.4) is 0 Å². The molecule has 0 saturated heterocycles. The molecule has 0 aromatic carbocycles. The Hall–Kier alpha value is -1.94. The standard InChI is InChI=1S/C84H164O17P2/c1-5-9-13-17-21-25-29-32-35-38-39-41-44-47-51-55-59-63-67-71-84(89)101-80(75-95-82(87)69-65-61-57-53-49-45-43-40-36-33-30-26-22-18-14-10-6-2)77-99-103(92,93)97-73-78(85)72-96-102(90,91)98-76-79(74-94-81(86)68-64-60-56-52-48-28-24-20-16-12-8-4)100-83(88)70-66-62-58-54-50-46-42-37-34-31-27-23-19-15-11-7-3/h78-80,85H,5-77H2,1-4H3,(H,90,91)(H,92,93)/t78-,79+,80+/m0/s1. The van der Waals surface area contributed by atoms with Gasteiger partial charge in [-0.05, 0) is 25.7 Å². The fourth-order valence-electron chi connectivity index (χ4n) is 13.2. The Bertz CT molecular complexity index is 1950. The predicted molar refractivity (Wildman–Crippen MR) is 423 cm³/mol. The highest BCUT2D eigenvalue weighted by molar-refractivity contribution is 7.47. The van der Waals surface area contributed by atoms with Gasteiger partial charge in [-0.1, -0.05) is 407 Å². The maximum atomic E-state index is 13.1. The molecule has 0 rings (SSSR count). The Morgan fingerprint density at radius 3 is 0.573 bits per heavy atom. The van der Waals surface area contributed by atoms with Crippen molar-refractivity contribution >= 4 is 39.5 Å². The van der Waals surface area contributed by atoms with Crippen LogP contribution in [0.1, 0.15) is 458 Å². The molecule has 612 valence electrons. The largest absolute Gasteiger partial charge is 0.472 e. The van der Waals surface area contributed by atoms with Gasteiger partial charge in [-0.15, -0.1) is 0 Å². The first-order valence-electron chi connectivity index (χ1n) is 43.8. The van der Waals surface area contributed by atoms with Crippen LogP contribution in [-0.2, 0) is 65.4 Å². The van der Waals surface area contributed by atoms with Crippen LogP contribution in [0.2, 0.25) is 0 Å². The van der Waals surface area contributed by atoms with E-state index in [1.165, 1.54) is 289 Å². The monoisotopic (exact) mass is 1510 g/mol. The minimum absolute atomic E-state index is 0.109. The molecule has 3 N–H and O–H groups in total. The smallest absolute Gasteiger partial charge is 0.462 e. The Morgan fingerprint density at radius 1 is 0.233 bits per heavy atom. The molecule has 5 atom stereocenters. The molecular weight excluding hydrogens is 1340 g/mol. The van der Waals surface area contributed by atoms with Gasteiger partial charge in [-0.3, -0.25) is 37.3 Å². The highest BCUT2D eigenvalue weighted by Gasteiger charge is 2.30. The zero-order valence-corrected chi connectivity index (χ0v) is 69.1. The molecule has 0 amide bonds. The first-order valence-corrected chi connectivity index (χ1v) is 46.8. The summed E-state index contributed by atoms with van der Waals surface area (Å²) in [5, 5.41) is 10.7. The fourth-order valence-corrected chi connectivity index (χ4v) is 14.7. The number of carbonyl (C=O) groups excluding carboxylic acids is 4. The summed E-state index contributed by atoms with van der Waals surface area (Å²) >= 11 is 0. The number of phosphoric ester groups is 2. The van der Waals surface area contributed by atoms with Crippen LogP contribution in [0.25, 0.3) is 0 Å².